The van der Waals surface area contributed by atoms with E-state index >= 15 is 0 Å². The SMILES string of the molecule is CCCOc1ccc(CNC2CC2)cc1C(F)(F)F. The van der Waals surface area contributed by atoms with Crippen LogP contribution in [-0.2, 0) is 12.7 Å². The molecule has 1 aromatic carbocycles. The summed E-state index contributed by atoms with van der Waals surface area (Å²) in [6.07, 6.45) is -1.46. The fraction of sp³-hybridized carbons (Fsp3) is 0.571. The topological polar surface area (TPSA) is 21.3 Å². The van der Waals surface area contributed by atoms with Crippen molar-refractivity contribution in [1.82, 2.24) is 5.32 Å². The first-order chi connectivity index (χ1) is 9.00. The van der Waals surface area contributed by atoms with Crippen molar-refractivity contribution in [2.24, 2.45) is 0 Å². The maximum atomic E-state index is 13.0. The summed E-state index contributed by atoms with van der Waals surface area (Å²) in [5.74, 6) is -0.0791. The molecule has 1 N–H and O–H groups in total. The Morgan fingerprint density at radius 2 is 2.05 bits per heavy atom. The van der Waals surface area contributed by atoms with Gasteiger partial charge < -0.3 is 10.1 Å². The summed E-state index contributed by atoms with van der Waals surface area (Å²) in [5.41, 5.74) is -0.0425. The van der Waals surface area contributed by atoms with Gasteiger partial charge in [-0.25, -0.2) is 0 Å². The van der Waals surface area contributed by atoms with Crippen LogP contribution in [-0.4, -0.2) is 12.6 Å². The number of benzene rings is 1. The molecule has 0 atom stereocenters. The van der Waals surface area contributed by atoms with Gasteiger partial charge in [0.25, 0.3) is 0 Å². The molecule has 0 spiro atoms. The lowest BCUT2D eigenvalue weighted by molar-refractivity contribution is -0.139. The Morgan fingerprint density at radius 3 is 2.63 bits per heavy atom. The van der Waals surface area contributed by atoms with Gasteiger partial charge in [-0.15, -0.1) is 0 Å². The van der Waals surface area contributed by atoms with Gasteiger partial charge in [-0.1, -0.05) is 13.0 Å². The van der Waals surface area contributed by atoms with E-state index in [4.69, 9.17) is 4.74 Å². The van der Waals surface area contributed by atoms with Gasteiger partial charge >= 0.3 is 6.18 Å². The molecule has 0 aliphatic heterocycles. The number of hydrogen-bond donors (Lipinski definition) is 1. The van der Waals surface area contributed by atoms with Crippen molar-refractivity contribution in [3.63, 3.8) is 0 Å². The highest BCUT2D eigenvalue weighted by Crippen LogP contribution is 2.37. The quantitative estimate of drug-likeness (QED) is 0.852. The van der Waals surface area contributed by atoms with Crippen molar-refractivity contribution in [2.45, 2.75) is 44.9 Å². The standard InChI is InChI=1S/C14H18F3NO/c1-2-7-19-13-6-3-10(9-18-11-4-5-11)8-12(13)14(15,16)17/h3,6,8,11,18H,2,4-5,7,9H2,1H3. The Morgan fingerprint density at radius 1 is 1.32 bits per heavy atom. The Balaban J connectivity index is 2.14. The third kappa shape index (κ3) is 4.13. The Hall–Kier alpha value is -1.23. The van der Waals surface area contributed by atoms with E-state index in [1.807, 2.05) is 6.92 Å². The third-order valence-electron chi connectivity index (χ3n) is 2.98. The summed E-state index contributed by atoms with van der Waals surface area (Å²) in [6, 6.07) is 4.77. The van der Waals surface area contributed by atoms with Crippen molar-refractivity contribution < 1.29 is 17.9 Å². The van der Waals surface area contributed by atoms with Crippen molar-refractivity contribution in [3.05, 3.63) is 29.3 Å². The first-order valence-corrected chi connectivity index (χ1v) is 6.57. The van der Waals surface area contributed by atoms with Crippen LogP contribution in [0.2, 0.25) is 0 Å². The van der Waals surface area contributed by atoms with Crippen LogP contribution in [0.25, 0.3) is 0 Å². The molecule has 0 saturated heterocycles. The van der Waals surface area contributed by atoms with E-state index in [-0.39, 0.29) is 5.75 Å². The first kappa shape index (κ1) is 14.2. The highest BCUT2D eigenvalue weighted by molar-refractivity contribution is 5.39. The Labute approximate surface area is 111 Å². The lowest BCUT2D eigenvalue weighted by Gasteiger charge is -2.15. The average molecular weight is 273 g/mol. The minimum atomic E-state index is -4.38. The second kappa shape index (κ2) is 5.82. The van der Waals surface area contributed by atoms with Crippen molar-refractivity contribution in [2.75, 3.05) is 6.61 Å². The van der Waals surface area contributed by atoms with E-state index in [0.717, 1.165) is 12.8 Å². The highest BCUT2D eigenvalue weighted by atomic mass is 19.4. The van der Waals surface area contributed by atoms with Crippen LogP contribution in [0.4, 0.5) is 13.2 Å². The van der Waals surface area contributed by atoms with Gasteiger partial charge in [0.05, 0.1) is 12.2 Å². The Bertz CT molecular complexity index is 427. The molecule has 106 valence electrons. The molecule has 2 nitrogen and oxygen atoms in total. The fourth-order valence-corrected chi connectivity index (χ4v) is 1.80. The molecule has 0 radical (unpaired) electrons. The third-order valence-corrected chi connectivity index (χ3v) is 2.98. The summed E-state index contributed by atoms with van der Waals surface area (Å²) in [7, 11) is 0. The molecule has 0 unspecified atom stereocenters. The number of ether oxygens (including phenoxy) is 1. The molecule has 1 saturated carbocycles. The molecule has 1 aromatic rings. The summed E-state index contributed by atoms with van der Waals surface area (Å²) < 4.78 is 44.1. The summed E-state index contributed by atoms with van der Waals surface area (Å²) >= 11 is 0. The van der Waals surface area contributed by atoms with E-state index in [0.29, 0.717) is 31.2 Å². The van der Waals surface area contributed by atoms with Crippen LogP contribution in [0.15, 0.2) is 18.2 Å². The zero-order valence-electron chi connectivity index (χ0n) is 10.9. The van der Waals surface area contributed by atoms with Gasteiger partial charge in [0, 0.05) is 12.6 Å². The van der Waals surface area contributed by atoms with Gasteiger partial charge in [0.15, 0.2) is 0 Å². The van der Waals surface area contributed by atoms with E-state index in [1.165, 1.54) is 12.1 Å². The van der Waals surface area contributed by atoms with Crippen LogP contribution in [0, 0.1) is 0 Å². The van der Waals surface area contributed by atoms with Crippen LogP contribution in [0.1, 0.15) is 37.3 Å². The summed E-state index contributed by atoms with van der Waals surface area (Å²) in [5, 5.41) is 3.21. The molecule has 1 fully saturated rings. The summed E-state index contributed by atoms with van der Waals surface area (Å²) in [6.45, 7) is 2.63. The van der Waals surface area contributed by atoms with E-state index in [1.54, 1.807) is 6.07 Å². The van der Waals surface area contributed by atoms with Gasteiger partial charge in [-0.3, -0.25) is 0 Å². The largest absolute Gasteiger partial charge is 0.493 e. The van der Waals surface area contributed by atoms with Gasteiger partial charge in [0.1, 0.15) is 5.75 Å². The van der Waals surface area contributed by atoms with E-state index < -0.39 is 11.7 Å². The molecule has 1 aliphatic rings. The Kier molecular flexibility index (Phi) is 4.34. The maximum Gasteiger partial charge on any atom is 0.419 e. The predicted octanol–water partition coefficient (Wildman–Crippen LogP) is 3.75. The normalized spacial score (nSPS) is 15.6. The molecule has 0 amide bonds. The minimum Gasteiger partial charge on any atom is -0.493 e. The summed E-state index contributed by atoms with van der Waals surface area (Å²) in [4.78, 5) is 0. The van der Waals surface area contributed by atoms with Crippen molar-refractivity contribution >= 4 is 0 Å². The molecule has 0 bridgehead atoms. The monoisotopic (exact) mass is 273 g/mol. The number of rotatable bonds is 6. The number of nitrogens with one attached hydrogen (secondary N) is 1. The molecule has 1 aliphatic carbocycles. The van der Waals surface area contributed by atoms with E-state index in [9.17, 15) is 13.2 Å². The number of halogens is 3. The van der Waals surface area contributed by atoms with Crippen LogP contribution < -0.4 is 10.1 Å². The smallest absolute Gasteiger partial charge is 0.419 e. The molecule has 5 heteroatoms. The molecular formula is C14H18F3NO. The number of alkyl halides is 3. The van der Waals surface area contributed by atoms with Gasteiger partial charge in [-0.2, -0.15) is 13.2 Å². The molecule has 0 heterocycles. The molecule has 19 heavy (non-hydrogen) atoms. The predicted molar refractivity (Wildman–Crippen MR) is 67.1 cm³/mol. The van der Waals surface area contributed by atoms with Crippen molar-refractivity contribution in [1.29, 1.82) is 0 Å². The second-order valence-electron chi connectivity index (χ2n) is 4.83. The molecule has 2 rings (SSSR count). The first-order valence-electron chi connectivity index (χ1n) is 6.57. The lowest BCUT2D eigenvalue weighted by atomic mass is 10.1. The van der Waals surface area contributed by atoms with Crippen molar-refractivity contribution in [3.8, 4) is 5.75 Å². The lowest BCUT2D eigenvalue weighted by Crippen LogP contribution is -2.16. The van der Waals surface area contributed by atoms with E-state index in [2.05, 4.69) is 5.32 Å². The second-order valence-corrected chi connectivity index (χ2v) is 4.83. The van der Waals surface area contributed by atoms with Gasteiger partial charge in [0.2, 0.25) is 0 Å². The highest BCUT2D eigenvalue weighted by Gasteiger charge is 2.34. The minimum absolute atomic E-state index is 0.0791. The fourth-order valence-electron chi connectivity index (χ4n) is 1.80. The van der Waals surface area contributed by atoms with Crippen LogP contribution >= 0.6 is 0 Å². The maximum absolute atomic E-state index is 13.0. The molecular weight excluding hydrogens is 255 g/mol. The van der Waals surface area contributed by atoms with Crippen LogP contribution in [0.3, 0.4) is 0 Å². The zero-order chi connectivity index (χ0) is 13.9. The zero-order valence-corrected chi connectivity index (χ0v) is 10.9. The average Bonchev–Trinajstić information content (AvgIpc) is 3.17. The number of hydrogen-bond acceptors (Lipinski definition) is 2. The van der Waals surface area contributed by atoms with Crippen LogP contribution in [0.5, 0.6) is 5.75 Å². The van der Waals surface area contributed by atoms with Gasteiger partial charge in [-0.05, 0) is 37.0 Å². The molecule has 0 aromatic heterocycles.